The van der Waals surface area contributed by atoms with Gasteiger partial charge >= 0.3 is 0 Å². The first-order valence-corrected chi connectivity index (χ1v) is 7.22. The smallest absolute Gasteiger partial charge is 0.227 e. The molecule has 2 nitrogen and oxygen atoms in total. The van der Waals surface area contributed by atoms with E-state index >= 15 is 0 Å². The summed E-state index contributed by atoms with van der Waals surface area (Å²) in [4.78, 5) is 13.6. The highest BCUT2D eigenvalue weighted by atomic mass is 79.9. The summed E-state index contributed by atoms with van der Waals surface area (Å²) in [5.74, 6) is 0.567. The number of amides is 1. The van der Waals surface area contributed by atoms with Gasteiger partial charge in [-0.3, -0.25) is 4.79 Å². The number of nitrogens with zero attached hydrogens (tertiary/aromatic N) is 1. The van der Waals surface area contributed by atoms with Gasteiger partial charge in [-0.1, -0.05) is 27.5 Å². The van der Waals surface area contributed by atoms with Gasteiger partial charge in [0, 0.05) is 28.5 Å². The van der Waals surface area contributed by atoms with E-state index in [2.05, 4.69) is 31.9 Å². The van der Waals surface area contributed by atoms with Crippen LogP contribution in [0.5, 0.6) is 0 Å². The quantitative estimate of drug-likeness (QED) is 0.727. The zero-order chi connectivity index (χ0) is 11.7. The van der Waals surface area contributed by atoms with Crippen LogP contribution in [-0.4, -0.2) is 17.8 Å². The molecule has 1 aliphatic rings. The van der Waals surface area contributed by atoms with Crippen molar-refractivity contribution in [3.05, 3.63) is 27.7 Å². The van der Waals surface area contributed by atoms with Crippen molar-refractivity contribution in [3.8, 4) is 0 Å². The highest BCUT2D eigenvalue weighted by Gasteiger charge is 2.29. The first-order valence-electron chi connectivity index (χ1n) is 4.93. The van der Waals surface area contributed by atoms with Crippen molar-refractivity contribution in [3.63, 3.8) is 0 Å². The van der Waals surface area contributed by atoms with Gasteiger partial charge in [-0.25, -0.2) is 0 Å². The molecule has 0 saturated carbocycles. The maximum absolute atomic E-state index is 11.8. The molecule has 16 heavy (non-hydrogen) atoms. The van der Waals surface area contributed by atoms with Gasteiger partial charge in [0.25, 0.3) is 0 Å². The lowest BCUT2D eigenvalue weighted by atomic mass is 10.2. The lowest BCUT2D eigenvalue weighted by Gasteiger charge is -2.17. The Bertz CT molecular complexity index is 424. The van der Waals surface area contributed by atoms with E-state index in [9.17, 15) is 4.79 Å². The second-order valence-corrected chi connectivity index (χ2v) is 5.74. The number of hydrogen-bond acceptors (Lipinski definition) is 1. The van der Waals surface area contributed by atoms with E-state index in [-0.39, 0.29) is 5.91 Å². The van der Waals surface area contributed by atoms with Crippen LogP contribution < -0.4 is 4.90 Å². The normalized spacial score (nSPS) is 20.6. The summed E-state index contributed by atoms with van der Waals surface area (Å²) in [6.45, 7) is 0.766. The molecule has 1 amide bonds. The Kier molecular flexibility index (Phi) is 3.93. The molecule has 1 heterocycles. The van der Waals surface area contributed by atoms with Crippen molar-refractivity contribution in [1.29, 1.82) is 0 Å². The largest absolute Gasteiger partial charge is 0.312 e. The van der Waals surface area contributed by atoms with Crippen LogP contribution in [0.2, 0.25) is 5.02 Å². The second kappa shape index (κ2) is 5.07. The second-order valence-electron chi connectivity index (χ2n) is 3.83. The topological polar surface area (TPSA) is 20.3 Å². The van der Waals surface area contributed by atoms with Gasteiger partial charge in [0.05, 0.1) is 5.02 Å². The maximum Gasteiger partial charge on any atom is 0.227 e. The molecule has 1 aliphatic heterocycles. The Hall–Kier alpha value is -0.0600. The first-order chi connectivity index (χ1) is 7.61. The average molecular weight is 367 g/mol. The number of carbonyl (C=O) groups excluding carboxylic acids is 1. The third kappa shape index (κ3) is 2.44. The summed E-state index contributed by atoms with van der Waals surface area (Å²) in [6, 6.07) is 5.59. The van der Waals surface area contributed by atoms with Gasteiger partial charge in [0.15, 0.2) is 0 Å². The summed E-state index contributed by atoms with van der Waals surface area (Å²) in [5, 5.41) is 1.49. The molecule has 1 aromatic rings. The van der Waals surface area contributed by atoms with Gasteiger partial charge in [0.1, 0.15) is 0 Å². The molecular weight excluding hydrogens is 357 g/mol. The standard InChI is InChI=1S/C11H10Br2ClNO/c12-5-7-3-11(16)15(6-7)8-1-2-9(13)10(14)4-8/h1-2,4,7H,3,5-6H2. The fourth-order valence-electron chi connectivity index (χ4n) is 1.79. The number of rotatable bonds is 2. The van der Waals surface area contributed by atoms with Crippen LogP contribution in [0.1, 0.15) is 6.42 Å². The van der Waals surface area contributed by atoms with Crippen molar-refractivity contribution in [2.24, 2.45) is 5.92 Å². The van der Waals surface area contributed by atoms with E-state index < -0.39 is 0 Å². The number of benzene rings is 1. The Morgan fingerprint density at radius 2 is 2.25 bits per heavy atom. The molecule has 1 saturated heterocycles. The summed E-state index contributed by atoms with van der Waals surface area (Å²) in [5.41, 5.74) is 0.877. The third-order valence-corrected chi connectivity index (χ3v) is 4.79. The summed E-state index contributed by atoms with van der Waals surface area (Å²) in [7, 11) is 0. The minimum atomic E-state index is 0.169. The van der Waals surface area contributed by atoms with Gasteiger partial charge in [0.2, 0.25) is 5.91 Å². The van der Waals surface area contributed by atoms with Crippen LogP contribution in [0.4, 0.5) is 5.69 Å². The van der Waals surface area contributed by atoms with Crippen LogP contribution >= 0.6 is 43.5 Å². The van der Waals surface area contributed by atoms with Crippen LogP contribution in [0, 0.1) is 5.92 Å². The first kappa shape index (κ1) is 12.4. The van der Waals surface area contributed by atoms with E-state index in [0.29, 0.717) is 17.4 Å². The van der Waals surface area contributed by atoms with E-state index in [0.717, 1.165) is 22.0 Å². The zero-order valence-electron chi connectivity index (χ0n) is 8.42. The summed E-state index contributed by atoms with van der Waals surface area (Å²) >= 11 is 12.8. The van der Waals surface area contributed by atoms with Crippen LogP contribution in [-0.2, 0) is 4.79 Å². The zero-order valence-corrected chi connectivity index (χ0v) is 12.3. The van der Waals surface area contributed by atoms with Gasteiger partial charge in [-0.05, 0) is 40.0 Å². The third-order valence-electron chi connectivity index (χ3n) is 2.64. The molecule has 1 fully saturated rings. The van der Waals surface area contributed by atoms with Crippen LogP contribution in [0.15, 0.2) is 22.7 Å². The molecule has 1 aromatic carbocycles. The Balaban J connectivity index is 2.24. The number of alkyl halides is 1. The van der Waals surface area contributed by atoms with Crippen molar-refractivity contribution < 1.29 is 4.79 Å². The molecule has 0 aromatic heterocycles. The highest BCUT2D eigenvalue weighted by Crippen LogP contribution is 2.31. The molecule has 0 bridgehead atoms. The molecule has 0 aliphatic carbocycles. The van der Waals surface area contributed by atoms with E-state index in [1.165, 1.54) is 0 Å². The molecule has 1 atom stereocenters. The number of carbonyl (C=O) groups is 1. The van der Waals surface area contributed by atoms with Crippen LogP contribution in [0.25, 0.3) is 0 Å². The van der Waals surface area contributed by atoms with Crippen LogP contribution in [0.3, 0.4) is 0 Å². The Labute approximate surface area is 116 Å². The molecule has 1 unspecified atom stereocenters. The minimum absolute atomic E-state index is 0.169. The van der Waals surface area contributed by atoms with Gasteiger partial charge in [-0.15, -0.1) is 0 Å². The maximum atomic E-state index is 11.8. The minimum Gasteiger partial charge on any atom is -0.312 e. The lowest BCUT2D eigenvalue weighted by Crippen LogP contribution is -2.24. The summed E-state index contributed by atoms with van der Waals surface area (Å²) in [6.07, 6.45) is 0.610. The van der Waals surface area contributed by atoms with Gasteiger partial charge < -0.3 is 4.90 Å². The number of halogens is 3. The number of hydrogen-bond donors (Lipinski definition) is 0. The highest BCUT2D eigenvalue weighted by molar-refractivity contribution is 9.10. The molecule has 0 radical (unpaired) electrons. The fourth-order valence-corrected chi connectivity index (χ4v) is 2.64. The van der Waals surface area contributed by atoms with Crippen molar-refractivity contribution >= 4 is 55.1 Å². The molecule has 86 valence electrons. The molecule has 2 rings (SSSR count). The average Bonchev–Trinajstić information content (AvgIpc) is 2.64. The van der Waals surface area contributed by atoms with E-state index in [1.807, 2.05) is 18.2 Å². The molecule has 5 heteroatoms. The van der Waals surface area contributed by atoms with Crippen molar-refractivity contribution in [2.45, 2.75) is 6.42 Å². The predicted octanol–water partition coefficient (Wildman–Crippen LogP) is 3.85. The fraction of sp³-hybridized carbons (Fsp3) is 0.364. The Morgan fingerprint density at radius 1 is 1.50 bits per heavy atom. The lowest BCUT2D eigenvalue weighted by molar-refractivity contribution is -0.117. The van der Waals surface area contributed by atoms with Crippen molar-refractivity contribution in [2.75, 3.05) is 16.8 Å². The molecular formula is C11H10Br2ClNO. The summed E-state index contributed by atoms with van der Waals surface area (Å²) < 4.78 is 0.849. The van der Waals surface area contributed by atoms with E-state index in [1.54, 1.807) is 4.90 Å². The predicted molar refractivity (Wildman–Crippen MR) is 73.4 cm³/mol. The number of anilines is 1. The monoisotopic (exact) mass is 365 g/mol. The van der Waals surface area contributed by atoms with Gasteiger partial charge in [-0.2, -0.15) is 0 Å². The van der Waals surface area contributed by atoms with E-state index in [4.69, 9.17) is 11.6 Å². The SMILES string of the molecule is O=C1CC(CBr)CN1c1ccc(Br)c(Cl)c1. The van der Waals surface area contributed by atoms with Crippen molar-refractivity contribution in [1.82, 2.24) is 0 Å². The molecule has 0 spiro atoms. The molecule has 0 N–H and O–H groups in total. The Morgan fingerprint density at radius 3 is 2.81 bits per heavy atom.